The van der Waals surface area contributed by atoms with Crippen LogP contribution in [-0.2, 0) is 0 Å². The Morgan fingerprint density at radius 3 is 2.53 bits per heavy atom. The van der Waals surface area contributed by atoms with Crippen molar-refractivity contribution in [2.24, 2.45) is 0 Å². The molecule has 98 valence electrons. The van der Waals surface area contributed by atoms with Crippen molar-refractivity contribution in [3.05, 3.63) is 57.5 Å². The van der Waals surface area contributed by atoms with Crippen molar-refractivity contribution in [1.29, 1.82) is 0 Å². The van der Waals surface area contributed by atoms with Crippen LogP contribution in [0.2, 0.25) is 5.02 Å². The molecule has 0 unspecified atom stereocenters. The normalized spacial score (nSPS) is 10.1. The molecule has 1 amide bonds. The smallest absolute Gasteiger partial charge is 0.255 e. The third-order valence-corrected chi connectivity index (χ3v) is 3.47. The van der Waals surface area contributed by atoms with Gasteiger partial charge in [0.2, 0.25) is 0 Å². The van der Waals surface area contributed by atoms with Gasteiger partial charge in [-0.25, -0.2) is 0 Å². The second-order valence-corrected chi connectivity index (χ2v) is 5.10. The summed E-state index contributed by atoms with van der Waals surface area (Å²) in [4.78, 5) is 12.1. The van der Waals surface area contributed by atoms with Gasteiger partial charge in [-0.05, 0) is 52.3 Å². The van der Waals surface area contributed by atoms with Crippen molar-refractivity contribution in [2.45, 2.75) is 0 Å². The monoisotopic (exact) mass is 339 g/mol. The second kappa shape index (κ2) is 6.08. The molecule has 19 heavy (non-hydrogen) atoms. The number of rotatable bonds is 3. The van der Waals surface area contributed by atoms with Crippen molar-refractivity contribution in [1.82, 2.24) is 0 Å². The Hall–Kier alpha value is -1.52. The molecule has 0 bridgehead atoms. The summed E-state index contributed by atoms with van der Waals surface area (Å²) < 4.78 is 5.91. The van der Waals surface area contributed by atoms with Crippen LogP contribution >= 0.6 is 27.5 Å². The number of methoxy groups -OCH3 is 1. The van der Waals surface area contributed by atoms with Gasteiger partial charge in [-0.2, -0.15) is 0 Å². The predicted octanol–water partition coefficient (Wildman–Crippen LogP) is 4.36. The number of carbonyl (C=O) groups excluding carboxylic acids is 1. The van der Waals surface area contributed by atoms with E-state index in [2.05, 4.69) is 21.2 Å². The van der Waals surface area contributed by atoms with E-state index in [1.165, 1.54) is 0 Å². The van der Waals surface area contributed by atoms with Crippen molar-refractivity contribution < 1.29 is 9.53 Å². The molecule has 0 heterocycles. The lowest BCUT2D eigenvalue weighted by atomic mass is 10.2. The highest BCUT2D eigenvalue weighted by Crippen LogP contribution is 2.27. The minimum atomic E-state index is -0.203. The summed E-state index contributed by atoms with van der Waals surface area (Å²) in [5.74, 6) is 0.472. The van der Waals surface area contributed by atoms with Crippen LogP contribution in [0.3, 0.4) is 0 Å². The summed E-state index contributed by atoms with van der Waals surface area (Å²) in [6.07, 6.45) is 0. The van der Waals surface area contributed by atoms with Gasteiger partial charge in [-0.3, -0.25) is 4.79 Å². The molecule has 0 saturated carbocycles. The van der Waals surface area contributed by atoms with E-state index in [9.17, 15) is 4.79 Å². The molecule has 3 nitrogen and oxygen atoms in total. The standard InChI is InChI=1S/C14H11BrClNO2/c1-19-11-6-7-12(15)13(8-11)17-14(18)9-2-4-10(16)5-3-9/h2-8H,1H3,(H,17,18). The lowest BCUT2D eigenvalue weighted by Gasteiger charge is -2.09. The first-order valence-electron chi connectivity index (χ1n) is 5.50. The van der Waals surface area contributed by atoms with Gasteiger partial charge in [0.05, 0.1) is 12.8 Å². The van der Waals surface area contributed by atoms with Crippen LogP contribution in [0.1, 0.15) is 10.4 Å². The third-order valence-electron chi connectivity index (χ3n) is 2.53. The highest BCUT2D eigenvalue weighted by molar-refractivity contribution is 9.10. The van der Waals surface area contributed by atoms with Crippen molar-refractivity contribution >= 4 is 39.1 Å². The quantitative estimate of drug-likeness (QED) is 0.901. The molecule has 0 aromatic heterocycles. The van der Waals surface area contributed by atoms with E-state index in [1.54, 1.807) is 37.4 Å². The fourth-order valence-electron chi connectivity index (χ4n) is 1.52. The number of benzene rings is 2. The van der Waals surface area contributed by atoms with Crippen LogP contribution in [0.15, 0.2) is 46.9 Å². The summed E-state index contributed by atoms with van der Waals surface area (Å²) in [6, 6.07) is 12.1. The number of halogens is 2. The van der Waals surface area contributed by atoms with Crippen LogP contribution in [0.25, 0.3) is 0 Å². The molecule has 2 aromatic carbocycles. The van der Waals surface area contributed by atoms with Gasteiger partial charge in [0.25, 0.3) is 5.91 Å². The molecule has 0 aliphatic carbocycles. The molecule has 0 saturated heterocycles. The Morgan fingerprint density at radius 2 is 1.89 bits per heavy atom. The maximum Gasteiger partial charge on any atom is 0.255 e. The van der Waals surface area contributed by atoms with E-state index in [0.717, 1.165) is 4.47 Å². The van der Waals surface area contributed by atoms with Crippen molar-refractivity contribution in [3.8, 4) is 5.75 Å². The molecule has 5 heteroatoms. The molecule has 0 radical (unpaired) electrons. The first-order valence-corrected chi connectivity index (χ1v) is 6.67. The molecule has 0 aliphatic rings. The average molecular weight is 341 g/mol. The minimum Gasteiger partial charge on any atom is -0.497 e. The molecular weight excluding hydrogens is 330 g/mol. The molecule has 2 aromatic rings. The largest absolute Gasteiger partial charge is 0.497 e. The fraction of sp³-hybridized carbons (Fsp3) is 0.0714. The lowest BCUT2D eigenvalue weighted by Crippen LogP contribution is -2.12. The zero-order valence-electron chi connectivity index (χ0n) is 10.1. The lowest BCUT2D eigenvalue weighted by molar-refractivity contribution is 0.102. The van der Waals surface area contributed by atoms with Crippen molar-refractivity contribution in [2.75, 3.05) is 12.4 Å². The molecule has 1 N–H and O–H groups in total. The van der Waals surface area contributed by atoms with E-state index in [0.29, 0.717) is 22.0 Å². The van der Waals surface area contributed by atoms with Gasteiger partial charge in [-0.1, -0.05) is 11.6 Å². The fourth-order valence-corrected chi connectivity index (χ4v) is 1.99. The van der Waals surface area contributed by atoms with Gasteiger partial charge >= 0.3 is 0 Å². The summed E-state index contributed by atoms with van der Waals surface area (Å²) in [5, 5.41) is 3.41. The van der Waals surface area contributed by atoms with E-state index in [4.69, 9.17) is 16.3 Å². The van der Waals surface area contributed by atoms with Crippen LogP contribution in [0, 0.1) is 0 Å². The molecule has 0 spiro atoms. The van der Waals surface area contributed by atoms with Crippen molar-refractivity contribution in [3.63, 3.8) is 0 Å². The molecule has 0 aliphatic heterocycles. The SMILES string of the molecule is COc1ccc(Br)c(NC(=O)c2ccc(Cl)cc2)c1. The molecule has 2 rings (SSSR count). The number of amides is 1. The number of hydrogen-bond donors (Lipinski definition) is 1. The topological polar surface area (TPSA) is 38.3 Å². The maximum absolute atomic E-state index is 12.1. The Bertz CT molecular complexity index is 599. The first-order chi connectivity index (χ1) is 9.10. The number of anilines is 1. The molecule has 0 fully saturated rings. The summed E-state index contributed by atoms with van der Waals surface area (Å²) in [7, 11) is 1.58. The van der Waals surface area contributed by atoms with Crippen LogP contribution < -0.4 is 10.1 Å². The third kappa shape index (κ3) is 3.49. The Labute approximate surface area is 124 Å². The first kappa shape index (κ1) is 13.9. The predicted molar refractivity (Wildman–Crippen MR) is 80.1 cm³/mol. The average Bonchev–Trinajstić information content (AvgIpc) is 2.42. The zero-order valence-corrected chi connectivity index (χ0v) is 12.5. The van der Waals surface area contributed by atoms with Crippen LogP contribution in [-0.4, -0.2) is 13.0 Å². The molecule has 0 atom stereocenters. The minimum absolute atomic E-state index is 0.203. The number of ether oxygens (including phenoxy) is 1. The van der Waals surface area contributed by atoms with E-state index < -0.39 is 0 Å². The van der Waals surface area contributed by atoms with E-state index in [-0.39, 0.29) is 5.91 Å². The highest BCUT2D eigenvalue weighted by Gasteiger charge is 2.09. The number of hydrogen-bond acceptors (Lipinski definition) is 2. The highest BCUT2D eigenvalue weighted by atomic mass is 79.9. The summed E-state index contributed by atoms with van der Waals surface area (Å²) in [6.45, 7) is 0. The summed E-state index contributed by atoms with van der Waals surface area (Å²) >= 11 is 9.17. The van der Waals surface area contributed by atoms with E-state index in [1.807, 2.05) is 12.1 Å². The van der Waals surface area contributed by atoms with E-state index >= 15 is 0 Å². The summed E-state index contributed by atoms with van der Waals surface area (Å²) in [5.41, 5.74) is 1.19. The van der Waals surface area contributed by atoms with Gasteiger partial charge in [-0.15, -0.1) is 0 Å². The number of carbonyl (C=O) groups is 1. The Kier molecular flexibility index (Phi) is 4.45. The van der Waals surface area contributed by atoms with Gasteiger partial charge in [0.15, 0.2) is 0 Å². The van der Waals surface area contributed by atoms with Gasteiger partial charge < -0.3 is 10.1 Å². The van der Waals surface area contributed by atoms with Gasteiger partial charge in [0, 0.05) is 21.1 Å². The molecular formula is C14H11BrClNO2. The Morgan fingerprint density at radius 1 is 1.21 bits per heavy atom. The number of nitrogens with one attached hydrogen (secondary N) is 1. The second-order valence-electron chi connectivity index (χ2n) is 3.81. The zero-order chi connectivity index (χ0) is 13.8. The van der Waals surface area contributed by atoms with Gasteiger partial charge in [0.1, 0.15) is 5.75 Å². The maximum atomic E-state index is 12.1. The van der Waals surface area contributed by atoms with Crippen LogP contribution in [0.5, 0.6) is 5.75 Å². The Balaban J connectivity index is 2.21. The van der Waals surface area contributed by atoms with Crippen LogP contribution in [0.4, 0.5) is 5.69 Å².